The van der Waals surface area contributed by atoms with Crippen LogP contribution in [0.3, 0.4) is 0 Å². The number of ether oxygens (including phenoxy) is 1. The summed E-state index contributed by atoms with van der Waals surface area (Å²) in [5.41, 5.74) is -1.22. The van der Waals surface area contributed by atoms with Gasteiger partial charge in [0.25, 0.3) is 0 Å². The first-order valence-electron chi connectivity index (χ1n) is 5.64. The van der Waals surface area contributed by atoms with Crippen molar-refractivity contribution in [2.24, 2.45) is 0 Å². The molecule has 4 nitrogen and oxygen atoms in total. The number of hydrogen-bond acceptors (Lipinski definition) is 4. The van der Waals surface area contributed by atoms with Gasteiger partial charge < -0.3 is 10.1 Å². The van der Waals surface area contributed by atoms with Crippen LogP contribution < -0.4 is 5.32 Å². The van der Waals surface area contributed by atoms with Gasteiger partial charge in [0.05, 0.1) is 5.60 Å². The van der Waals surface area contributed by atoms with Gasteiger partial charge in [-0.3, -0.25) is 0 Å². The molecule has 0 amide bonds. The Morgan fingerprint density at radius 3 is 2.67 bits per heavy atom. The van der Waals surface area contributed by atoms with Crippen molar-refractivity contribution in [3.8, 4) is 0 Å². The lowest BCUT2D eigenvalue weighted by atomic mass is 9.80. The van der Waals surface area contributed by atoms with E-state index in [1.807, 2.05) is 0 Å². The molecule has 1 aliphatic rings. The summed E-state index contributed by atoms with van der Waals surface area (Å²) in [6.45, 7) is 0.421. The van der Waals surface area contributed by atoms with Crippen molar-refractivity contribution in [2.45, 2.75) is 31.0 Å². The summed E-state index contributed by atoms with van der Waals surface area (Å²) in [6, 6.07) is 0.848. The number of alkyl halides is 3. The standard InChI is InChI=1S/C11H14F3N3O/c1-18-10(4-2-5-10)7-16-9-15-6-3-8(17-9)11(12,13)14/h3,6H,2,4-5,7H2,1H3,(H,15,16,17). The zero-order valence-electron chi connectivity index (χ0n) is 9.92. The van der Waals surface area contributed by atoms with Gasteiger partial charge >= 0.3 is 6.18 Å². The summed E-state index contributed by atoms with van der Waals surface area (Å²) in [5, 5.41) is 2.80. The van der Waals surface area contributed by atoms with E-state index in [0.717, 1.165) is 31.5 Å². The molecule has 0 aliphatic heterocycles. The molecule has 1 N–H and O–H groups in total. The summed E-state index contributed by atoms with van der Waals surface area (Å²) in [5.74, 6) is -0.0202. The Morgan fingerprint density at radius 2 is 2.17 bits per heavy atom. The number of anilines is 1. The largest absolute Gasteiger partial charge is 0.433 e. The SMILES string of the molecule is COC1(CNc2nccc(C(F)(F)F)n2)CCC1. The first kappa shape index (κ1) is 13.1. The van der Waals surface area contributed by atoms with Gasteiger partial charge in [0.2, 0.25) is 5.95 Å². The molecule has 100 valence electrons. The molecule has 0 radical (unpaired) electrons. The van der Waals surface area contributed by atoms with Gasteiger partial charge in [-0.2, -0.15) is 13.2 Å². The molecule has 0 atom stereocenters. The molecule has 0 unspecified atom stereocenters. The van der Waals surface area contributed by atoms with Crippen molar-refractivity contribution < 1.29 is 17.9 Å². The maximum atomic E-state index is 12.4. The molecule has 1 aromatic heterocycles. The van der Waals surface area contributed by atoms with Gasteiger partial charge in [0, 0.05) is 19.9 Å². The Morgan fingerprint density at radius 1 is 1.44 bits per heavy atom. The van der Waals surface area contributed by atoms with Crippen LogP contribution >= 0.6 is 0 Å². The molecule has 1 saturated carbocycles. The van der Waals surface area contributed by atoms with E-state index < -0.39 is 11.9 Å². The minimum atomic E-state index is -4.45. The van der Waals surface area contributed by atoms with E-state index in [1.165, 1.54) is 0 Å². The molecular formula is C11H14F3N3O. The Kier molecular flexibility index (Phi) is 3.43. The number of nitrogens with zero attached hydrogens (tertiary/aromatic N) is 2. The van der Waals surface area contributed by atoms with Gasteiger partial charge in [-0.1, -0.05) is 0 Å². The second kappa shape index (κ2) is 4.72. The predicted octanol–water partition coefficient (Wildman–Crippen LogP) is 2.48. The lowest BCUT2D eigenvalue weighted by Gasteiger charge is -2.40. The van der Waals surface area contributed by atoms with Crippen molar-refractivity contribution in [3.63, 3.8) is 0 Å². The summed E-state index contributed by atoms with van der Waals surface area (Å²) < 4.78 is 42.7. The fourth-order valence-electron chi connectivity index (χ4n) is 1.87. The minimum Gasteiger partial charge on any atom is -0.376 e. The summed E-state index contributed by atoms with van der Waals surface area (Å²) in [6.07, 6.45) is -0.489. The van der Waals surface area contributed by atoms with E-state index in [4.69, 9.17) is 4.74 Å². The van der Waals surface area contributed by atoms with Crippen LogP contribution in [0.4, 0.5) is 19.1 Å². The van der Waals surface area contributed by atoms with E-state index in [9.17, 15) is 13.2 Å². The quantitative estimate of drug-likeness (QED) is 0.904. The Labute approximate surface area is 103 Å². The Hall–Kier alpha value is -1.37. The maximum Gasteiger partial charge on any atom is 0.433 e. The fraction of sp³-hybridized carbons (Fsp3) is 0.636. The molecule has 0 aromatic carbocycles. The smallest absolute Gasteiger partial charge is 0.376 e. The summed E-state index contributed by atoms with van der Waals surface area (Å²) in [4.78, 5) is 7.21. The first-order chi connectivity index (χ1) is 8.45. The lowest BCUT2D eigenvalue weighted by molar-refractivity contribution is -0.141. The lowest BCUT2D eigenvalue weighted by Crippen LogP contribution is -2.45. The Balaban J connectivity index is 2.01. The minimum absolute atomic E-state index is 0.0202. The van der Waals surface area contributed by atoms with Crippen LogP contribution in [0, 0.1) is 0 Å². The molecule has 0 spiro atoms. The number of rotatable bonds is 4. The van der Waals surface area contributed by atoms with Crippen molar-refractivity contribution in [1.29, 1.82) is 0 Å². The highest BCUT2D eigenvalue weighted by Gasteiger charge is 2.37. The number of nitrogens with one attached hydrogen (secondary N) is 1. The zero-order valence-corrected chi connectivity index (χ0v) is 9.92. The van der Waals surface area contributed by atoms with Gasteiger partial charge in [-0.15, -0.1) is 0 Å². The van der Waals surface area contributed by atoms with E-state index in [-0.39, 0.29) is 11.5 Å². The normalized spacial score (nSPS) is 18.2. The molecule has 7 heteroatoms. The third-order valence-corrected chi connectivity index (χ3v) is 3.21. The molecule has 1 heterocycles. The zero-order chi connectivity index (χ0) is 13.2. The second-order valence-electron chi connectivity index (χ2n) is 4.36. The Bertz CT molecular complexity index is 413. The molecule has 18 heavy (non-hydrogen) atoms. The highest BCUT2D eigenvalue weighted by atomic mass is 19.4. The second-order valence-corrected chi connectivity index (χ2v) is 4.36. The van der Waals surface area contributed by atoms with Crippen LogP contribution in [0.25, 0.3) is 0 Å². The predicted molar refractivity (Wildman–Crippen MR) is 59.1 cm³/mol. The molecule has 0 saturated heterocycles. The molecule has 1 aliphatic carbocycles. The molecular weight excluding hydrogens is 247 g/mol. The van der Waals surface area contributed by atoms with Crippen LogP contribution in [0.2, 0.25) is 0 Å². The first-order valence-corrected chi connectivity index (χ1v) is 5.64. The third-order valence-electron chi connectivity index (χ3n) is 3.21. The summed E-state index contributed by atoms with van der Waals surface area (Å²) >= 11 is 0. The third kappa shape index (κ3) is 2.72. The number of aromatic nitrogens is 2. The van der Waals surface area contributed by atoms with E-state index in [0.29, 0.717) is 6.54 Å². The number of methoxy groups -OCH3 is 1. The van der Waals surface area contributed by atoms with Crippen molar-refractivity contribution in [2.75, 3.05) is 19.0 Å². The summed E-state index contributed by atoms with van der Waals surface area (Å²) in [7, 11) is 1.60. The van der Waals surface area contributed by atoms with Crippen molar-refractivity contribution in [3.05, 3.63) is 18.0 Å². The van der Waals surface area contributed by atoms with E-state index in [2.05, 4.69) is 15.3 Å². The monoisotopic (exact) mass is 261 g/mol. The van der Waals surface area contributed by atoms with Crippen LogP contribution in [-0.2, 0) is 10.9 Å². The fourth-order valence-corrected chi connectivity index (χ4v) is 1.87. The van der Waals surface area contributed by atoms with Gasteiger partial charge in [-0.05, 0) is 25.3 Å². The molecule has 1 fully saturated rings. The van der Waals surface area contributed by atoms with Crippen LogP contribution in [0.5, 0.6) is 0 Å². The van der Waals surface area contributed by atoms with Gasteiger partial charge in [0.15, 0.2) is 0 Å². The van der Waals surface area contributed by atoms with Gasteiger partial charge in [0.1, 0.15) is 5.69 Å². The van der Waals surface area contributed by atoms with Crippen LogP contribution in [0.15, 0.2) is 12.3 Å². The maximum absolute atomic E-state index is 12.4. The van der Waals surface area contributed by atoms with Crippen molar-refractivity contribution in [1.82, 2.24) is 9.97 Å². The topological polar surface area (TPSA) is 47.0 Å². The van der Waals surface area contributed by atoms with Crippen LogP contribution in [-0.4, -0.2) is 29.2 Å². The molecule has 1 aromatic rings. The molecule has 2 rings (SSSR count). The number of hydrogen-bond donors (Lipinski definition) is 1. The van der Waals surface area contributed by atoms with Crippen molar-refractivity contribution >= 4 is 5.95 Å². The molecule has 0 bridgehead atoms. The van der Waals surface area contributed by atoms with E-state index in [1.54, 1.807) is 7.11 Å². The highest BCUT2D eigenvalue weighted by Crippen LogP contribution is 2.35. The highest BCUT2D eigenvalue weighted by molar-refractivity contribution is 5.27. The van der Waals surface area contributed by atoms with E-state index >= 15 is 0 Å². The average molecular weight is 261 g/mol. The average Bonchev–Trinajstić information content (AvgIpc) is 2.27. The van der Waals surface area contributed by atoms with Gasteiger partial charge in [-0.25, -0.2) is 9.97 Å². The van der Waals surface area contributed by atoms with Crippen LogP contribution in [0.1, 0.15) is 25.0 Å². The number of halogens is 3.